The van der Waals surface area contributed by atoms with Crippen LogP contribution in [0.2, 0.25) is 5.02 Å². The van der Waals surface area contributed by atoms with E-state index in [1.54, 1.807) is 32.2 Å². The van der Waals surface area contributed by atoms with Crippen molar-refractivity contribution in [1.29, 1.82) is 0 Å². The third kappa shape index (κ3) is 7.49. The lowest BCUT2D eigenvalue weighted by molar-refractivity contribution is -0.144. The Kier molecular flexibility index (Phi) is 8.63. The van der Waals surface area contributed by atoms with Crippen LogP contribution >= 0.6 is 22.9 Å². The van der Waals surface area contributed by atoms with Crippen LogP contribution in [-0.4, -0.2) is 35.1 Å². The number of rotatable bonds is 7. The van der Waals surface area contributed by atoms with Crippen LogP contribution in [-0.2, 0) is 25.7 Å². The molecule has 2 aromatic rings. The molecule has 0 bridgehead atoms. The number of benzene rings is 1. The van der Waals surface area contributed by atoms with Crippen molar-refractivity contribution >= 4 is 51.7 Å². The lowest BCUT2D eigenvalue weighted by Gasteiger charge is -2.22. The molecule has 0 aliphatic carbocycles. The van der Waals surface area contributed by atoms with Crippen molar-refractivity contribution in [3.05, 3.63) is 39.4 Å². The number of amides is 2. The third-order valence-corrected chi connectivity index (χ3v) is 5.21. The van der Waals surface area contributed by atoms with Gasteiger partial charge >= 0.3 is 12.1 Å². The van der Waals surface area contributed by atoms with Crippen LogP contribution in [0, 0.1) is 13.8 Å². The van der Waals surface area contributed by atoms with Gasteiger partial charge in [-0.2, -0.15) is 0 Å². The number of aromatic nitrogens is 1. The van der Waals surface area contributed by atoms with Gasteiger partial charge in [0.2, 0.25) is 5.91 Å². The second kappa shape index (κ2) is 10.8. The summed E-state index contributed by atoms with van der Waals surface area (Å²) in [6.07, 6.45) is -0.600. The molecule has 0 unspecified atom stereocenters. The maximum absolute atomic E-state index is 12.4. The number of aryl methyl sites for hydroxylation is 2. The van der Waals surface area contributed by atoms with Crippen molar-refractivity contribution in [1.82, 2.24) is 10.3 Å². The zero-order valence-corrected chi connectivity index (χ0v) is 20.6. The van der Waals surface area contributed by atoms with E-state index >= 15 is 0 Å². The first-order valence-corrected chi connectivity index (χ1v) is 11.3. The fraction of sp³-hybridized carbons (Fsp3) is 0.455. The molecule has 0 aliphatic rings. The molecule has 174 valence electrons. The van der Waals surface area contributed by atoms with E-state index in [1.807, 2.05) is 19.9 Å². The zero-order chi connectivity index (χ0) is 24.1. The van der Waals surface area contributed by atoms with Crippen LogP contribution in [0.5, 0.6) is 0 Å². The summed E-state index contributed by atoms with van der Waals surface area (Å²) in [5.74, 6) is -0.721. The van der Waals surface area contributed by atoms with E-state index in [0.29, 0.717) is 21.5 Å². The van der Waals surface area contributed by atoms with Crippen LogP contribution in [0.15, 0.2) is 17.5 Å². The minimum absolute atomic E-state index is 0.00598. The number of nitrogens with one attached hydrogen (secondary N) is 1. The minimum Gasteiger partial charge on any atom is -0.459 e. The largest absolute Gasteiger partial charge is 0.459 e. The van der Waals surface area contributed by atoms with E-state index < -0.39 is 17.7 Å². The molecule has 10 heteroatoms. The molecule has 0 saturated heterocycles. The van der Waals surface area contributed by atoms with Gasteiger partial charge in [0, 0.05) is 18.8 Å². The molecule has 2 rings (SSSR count). The molecule has 0 aliphatic heterocycles. The highest BCUT2D eigenvalue weighted by atomic mass is 35.5. The zero-order valence-electron chi connectivity index (χ0n) is 19.1. The summed E-state index contributed by atoms with van der Waals surface area (Å²) in [5.41, 5.74) is 2.32. The highest BCUT2D eigenvalue weighted by Gasteiger charge is 2.23. The van der Waals surface area contributed by atoms with Gasteiger partial charge in [-0.05, 0) is 51.8 Å². The Labute approximate surface area is 196 Å². The van der Waals surface area contributed by atoms with Crippen molar-refractivity contribution in [3.63, 3.8) is 0 Å². The number of esters is 1. The smallest absolute Gasteiger partial charge is 0.407 e. The average molecular weight is 482 g/mol. The van der Waals surface area contributed by atoms with E-state index in [0.717, 1.165) is 11.1 Å². The summed E-state index contributed by atoms with van der Waals surface area (Å²) in [6.45, 7) is 10.6. The van der Waals surface area contributed by atoms with Gasteiger partial charge in [-0.15, -0.1) is 11.3 Å². The molecule has 1 aromatic carbocycles. The lowest BCUT2D eigenvalue weighted by atomic mass is 10.1. The Bertz CT molecular complexity index is 977. The van der Waals surface area contributed by atoms with E-state index in [1.165, 1.54) is 23.2 Å². The number of hydrogen-bond donors (Lipinski definition) is 1. The predicted molar refractivity (Wildman–Crippen MR) is 125 cm³/mol. The first-order valence-electron chi connectivity index (χ1n) is 10.0. The number of carbonyl (C=O) groups is 3. The molecule has 2 amide bonds. The molecule has 1 N–H and O–H groups in total. The minimum atomic E-state index is -0.609. The molecule has 1 aromatic heterocycles. The van der Waals surface area contributed by atoms with Gasteiger partial charge in [0.15, 0.2) is 5.13 Å². The summed E-state index contributed by atoms with van der Waals surface area (Å²) in [4.78, 5) is 41.8. The van der Waals surface area contributed by atoms with E-state index in [2.05, 4.69) is 10.3 Å². The summed E-state index contributed by atoms with van der Waals surface area (Å²) in [7, 11) is 0. The van der Waals surface area contributed by atoms with Gasteiger partial charge in [-0.25, -0.2) is 9.78 Å². The van der Waals surface area contributed by atoms with Crippen molar-refractivity contribution < 1.29 is 23.9 Å². The molecule has 0 saturated carbocycles. The van der Waals surface area contributed by atoms with Gasteiger partial charge in [0.25, 0.3) is 0 Å². The Morgan fingerprint density at radius 3 is 2.50 bits per heavy atom. The van der Waals surface area contributed by atoms with Gasteiger partial charge in [0.05, 0.1) is 22.8 Å². The number of nitrogens with zero attached hydrogens (tertiary/aromatic N) is 2. The molecule has 0 atom stereocenters. The number of alkyl carbamates (subject to hydrolysis) is 1. The number of carbonyl (C=O) groups excluding carboxylic acids is 3. The standard InChI is InChI=1S/C22H28ClN3O5S/c1-13-9-14(2)19(17(23)10-13)26(15(3)27)20-25-16(12-32-20)11-30-18(28)7-8-24-21(29)31-22(4,5)6/h9-10,12H,7-8,11H2,1-6H3,(H,24,29). The highest BCUT2D eigenvalue weighted by molar-refractivity contribution is 7.14. The first-order chi connectivity index (χ1) is 14.9. The normalized spacial score (nSPS) is 11.1. The number of halogens is 1. The van der Waals surface area contributed by atoms with Crippen LogP contribution < -0.4 is 10.2 Å². The maximum Gasteiger partial charge on any atom is 0.407 e. The molecule has 0 spiro atoms. The molecule has 32 heavy (non-hydrogen) atoms. The molecular formula is C22H28ClN3O5S. The highest BCUT2D eigenvalue weighted by Crippen LogP contribution is 2.37. The SMILES string of the molecule is CC(=O)N(c1nc(COC(=O)CCNC(=O)OC(C)(C)C)cs1)c1c(C)cc(C)cc1Cl. The Morgan fingerprint density at radius 1 is 1.22 bits per heavy atom. The van der Waals surface area contributed by atoms with Gasteiger partial charge in [-0.3, -0.25) is 14.5 Å². The molecule has 1 heterocycles. The van der Waals surface area contributed by atoms with E-state index in [9.17, 15) is 14.4 Å². The Hall–Kier alpha value is -2.65. The third-order valence-electron chi connectivity index (χ3n) is 4.05. The van der Waals surface area contributed by atoms with Crippen LogP contribution in [0.25, 0.3) is 0 Å². The van der Waals surface area contributed by atoms with Crippen molar-refractivity contribution in [2.45, 2.75) is 60.2 Å². The topological polar surface area (TPSA) is 97.8 Å². The van der Waals surface area contributed by atoms with Crippen LogP contribution in [0.4, 0.5) is 15.6 Å². The van der Waals surface area contributed by atoms with Crippen molar-refractivity contribution in [2.24, 2.45) is 0 Å². The monoisotopic (exact) mass is 481 g/mol. The van der Waals surface area contributed by atoms with Crippen molar-refractivity contribution in [3.8, 4) is 0 Å². The van der Waals surface area contributed by atoms with Crippen molar-refractivity contribution in [2.75, 3.05) is 11.4 Å². The summed E-state index contributed by atoms with van der Waals surface area (Å²) in [5, 5.41) is 5.11. The average Bonchev–Trinajstić information content (AvgIpc) is 3.09. The lowest BCUT2D eigenvalue weighted by Crippen LogP contribution is -2.33. The number of hydrogen-bond acceptors (Lipinski definition) is 7. The van der Waals surface area contributed by atoms with Gasteiger partial charge in [-0.1, -0.05) is 17.7 Å². The number of anilines is 2. The molecule has 8 nitrogen and oxygen atoms in total. The molecule has 0 radical (unpaired) electrons. The molecular weight excluding hydrogens is 454 g/mol. The van der Waals surface area contributed by atoms with E-state index in [4.69, 9.17) is 21.1 Å². The fourth-order valence-corrected chi connectivity index (χ4v) is 4.11. The Morgan fingerprint density at radius 2 is 1.91 bits per heavy atom. The summed E-state index contributed by atoms with van der Waals surface area (Å²) in [6, 6.07) is 3.74. The number of ether oxygens (including phenoxy) is 2. The maximum atomic E-state index is 12.4. The second-order valence-corrected chi connectivity index (χ2v) is 9.47. The quantitative estimate of drug-likeness (QED) is 0.555. The first kappa shape index (κ1) is 25.6. The molecule has 0 fully saturated rings. The van der Waals surface area contributed by atoms with Gasteiger partial charge < -0.3 is 14.8 Å². The van der Waals surface area contributed by atoms with Crippen LogP contribution in [0.1, 0.15) is 50.9 Å². The fourth-order valence-electron chi connectivity index (χ4n) is 2.85. The van der Waals surface area contributed by atoms with E-state index in [-0.39, 0.29) is 25.5 Å². The number of thiazole rings is 1. The van der Waals surface area contributed by atoms with Crippen LogP contribution in [0.3, 0.4) is 0 Å². The summed E-state index contributed by atoms with van der Waals surface area (Å²) < 4.78 is 10.3. The second-order valence-electron chi connectivity index (χ2n) is 8.23. The van der Waals surface area contributed by atoms with Gasteiger partial charge in [0.1, 0.15) is 12.2 Å². The predicted octanol–water partition coefficient (Wildman–Crippen LogP) is 5.06. The summed E-state index contributed by atoms with van der Waals surface area (Å²) >= 11 is 7.67. The Balaban J connectivity index is 1.96.